The van der Waals surface area contributed by atoms with Gasteiger partial charge in [0.25, 0.3) is 0 Å². The summed E-state index contributed by atoms with van der Waals surface area (Å²) < 4.78 is 40.2. The first-order valence-electron chi connectivity index (χ1n) is 5.12. The zero-order valence-corrected chi connectivity index (χ0v) is 9.85. The molecule has 5 nitrogen and oxygen atoms in total. The van der Waals surface area contributed by atoms with E-state index >= 15 is 0 Å². The van der Waals surface area contributed by atoms with Gasteiger partial charge >= 0.3 is 10.4 Å². The molecule has 0 unspecified atom stereocenters. The van der Waals surface area contributed by atoms with Crippen molar-refractivity contribution in [2.24, 2.45) is 0 Å². The summed E-state index contributed by atoms with van der Waals surface area (Å²) in [6.07, 6.45) is 0. The Kier molecular flexibility index (Phi) is 2.29. The standard InChI is InChI=1S/C12H8O5S/c13-18(14,15)17-11-7-3-5-9-8-4-1-2-6-10(8)16-12(9)11/h1-7H,(H,13,14,15). The van der Waals surface area contributed by atoms with Crippen LogP contribution in [0.5, 0.6) is 5.75 Å². The summed E-state index contributed by atoms with van der Waals surface area (Å²) in [5, 5.41) is 1.58. The average Bonchev–Trinajstić information content (AvgIpc) is 2.67. The van der Waals surface area contributed by atoms with Crippen molar-refractivity contribution in [3.63, 3.8) is 0 Å². The number of hydrogen-bond donors (Lipinski definition) is 1. The van der Waals surface area contributed by atoms with Crippen LogP contribution in [0.4, 0.5) is 0 Å². The Morgan fingerprint density at radius 2 is 1.72 bits per heavy atom. The van der Waals surface area contributed by atoms with Gasteiger partial charge in [-0.2, -0.15) is 8.42 Å². The minimum atomic E-state index is -4.57. The summed E-state index contributed by atoms with van der Waals surface area (Å²) in [5.41, 5.74) is 0.912. The van der Waals surface area contributed by atoms with E-state index in [1.165, 1.54) is 6.07 Å². The van der Waals surface area contributed by atoms with Gasteiger partial charge in [-0.15, -0.1) is 0 Å². The van der Waals surface area contributed by atoms with E-state index < -0.39 is 10.4 Å². The summed E-state index contributed by atoms with van der Waals surface area (Å²) >= 11 is 0. The van der Waals surface area contributed by atoms with Crippen molar-refractivity contribution in [1.29, 1.82) is 0 Å². The number of hydrogen-bond acceptors (Lipinski definition) is 4. The van der Waals surface area contributed by atoms with E-state index in [0.717, 1.165) is 10.8 Å². The van der Waals surface area contributed by atoms with E-state index in [4.69, 9.17) is 8.97 Å². The molecule has 0 saturated carbocycles. The van der Waals surface area contributed by atoms with Gasteiger partial charge in [0.05, 0.1) is 0 Å². The molecule has 0 aliphatic heterocycles. The summed E-state index contributed by atoms with van der Waals surface area (Å²) in [6.45, 7) is 0. The van der Waals surface area contributed by atoms with Crippen molar-refractivity contribution in [3.05, 3.63) is 42.5 Å². The van der Waals surface area contributed by atoms with Gasteiger partial charge in [-0.25, -0.2) is 0 Å². The van der Waals surface area contributed by atoms with Crippen LogP contribution in [0.25, 0.3) is 21.9 Å². The molecule has 6 heteroatoms. The van der Waals surface area contributed by atoms with Crippen molar-refractivity contribution in [2.75, 3.05) is 0 Å². The lowest BCUT2D eigenvalue weighted by atomic mass is 10.1. The summed E-state index contributed by atoms with van der Waals surface area (Å²) in [6, 6.07) is 12.1. The fraction of sp³-hybridized carbons (Fsp3) is 0. The van der Waals surface area contributed by atoms with Crippen molar-refractivity contribution >= 4 is 32.3 Å². The predicted molar refractivity (Wildman–Crippen MR) is 65.9 cm³/mol. The Morgan fingerprint density at radius 3 is 2.50 bits per heavy atom. The molecule has 0 atom stereocenters. The van der Waals surface area contributed by atoms with Gasteiger partial charge in [0.15, 0.2) is 11.3 Å². The lowest BCUT2D eigenvalue weighted by Gasteiger charge is -2.00. The molecule has 0 aliphatic rings. The topological polar surface area (TPSA) is 76.7 Å². The second-order valence-electron chi connectivity index (χ2n) is 3.74. The zero-order chi connectivity index (χ0) is 12.8. The molecule has 1 aromatic heterocycles. The van der Waals surface area contributed by atoms with Crippen molar-refractivity contribution in [3.8, 4) is 5.75 Å². The molecule has 92 valence electrons. The molecule has 0 aliphatic carbocycles. The number of rotatable bonds is 2. The zero-order valence-electron chi connectivity index (χ0n) is 9.03. The van der Waals surface area contributed by atoms with Crippen molar-refractivity contribution in [1.82, 2.24) is 0 Å². The Morgan fingerprint density at radius 1 is 1.00 bits per heavy atom. The Bertz CT molecular complexity index is 832. The minimum absolute atomic E-state index is 0.0359. The Hall–Kier alpha value is -2.05. The first-order valence-corrected chi connectivity index (χ1v) is 6.48. The maximum absolute atomic E-state index is 10.8. The highest BCUT2D eigenvalue weighted by molar-refractivity contribution is 7.81. The van der Waals surface area contributed by atoms with Gasteiger partial charge in [-0.05, 0) is 12.1 Å². The quantitative estimate of drug-likeness (QED) is 0.720. The van der Waals surface area contributed by atoms with Crippen LogP contribution in [-0.4, -0.2) is 13.0 Å². The minimum Gasteiger partial charge on any atom is -0.452 e. The molecule has 0 bridgehead atoms. The fourth-order valence-corrected chi connectivity index (χ4v) is 2.26. The SMILES string of the molecule is O=S(=O)(O)Oc1cccc2c1oc1ccccc12. The van der Waals surface area contributed by atoms with Crippen LogP contribution >= 0.6 is 0 Å². The molecule has 1 heterocycles. The molecule has 0 amide bonds. The van der Waals surface area contributed by atoms with Gasteiger partial charge < -0.3 is 8.60 Å². The maximum atomic E-state index is 10.8. The first-order chi connectivity index (χ1) is 8.54. The maximum Gasteiger partial charge on any atom is 0.446 e. The highest BCUT2D eigenvalue weighted by Gasteiger charge is 2.15. The van der Waals surface area contributed by atoms with Gasteiger partial charge in [-0.1, -0.05) is 30.3 Å². The molecule has 18 heavy (non-hydrogen) atoms. The predicted octanol–water partition coefficient (Wildman–Crippen LogP) is 2.77. The van der Waals surface area contributed by atoms with E-state index in [-0.39, 0.29) is 11.3 Å². The third kappa shape index (κ3) is 1.81. The van der Waals surface area contributed by atoms with E-state index in [1.54, 1.807) is 18.2 Å². The fourth-order valence-electron chi connectivity index (χ4n) is 1.90. The molecule has 3 aromatic rings. The summed E-state index contributed by atoms with van der Waals surface area (Å²) in [4.78, 5) is 0. The van der Waals surface area contributed by atoms with Crippen molar-refractivity contribution < 1.29 is 21.6 Å². The largest absolute Gasteiger partial charge is 0.452 e. The number of para-hydroxylation sites is 2. The molecule has 1 N–H and O–H groups in total. The second kappa shape index (κ2) is 3.72. The lowest BCUT2D eigenvalue weighted by molar-refractivity contribution is 0.386. The Balaban J connectivity index is 2.34. The molecule has 3 rings (SSSR count). The Labute approximate surface area is 103 Å². The molecule has 0 spiro atoms. The summed E-state index contributed by atoms with van der Waals surface area (Å²) in [7, 11) is -4.57. The molecule has 0 saturated heterocycles. The third-order valence-corrected chi connectivity index (χ3v) is 2.95. The van der Waals surface area contributed by atoms with Gasteiger partial charge in [-0.3, -0.25) is 4.55 Å². The van der Waals surface area contributed by atoms with Crippen LogP contribution in [-0.2, 0) is 10.4 Å². The van der Waals surface area contributed by atoms with Crippen LogP contribution in [0.2, 0.25) is 0 Å². The first kappa shape index (κ1) is 11.1. The van der Waals surface area contributed by atoms with E-state index in [2.05, 4.69) is 4.18 Å². The molecule has 0 radical (unpaired) electrons. The van der Waals surface area contributed by atoms with Crippen LogP contribution in [0.3, 0.4) is 0 Å². The number of benzene rings is 2. The van der Waals surface area contributed by atoms with Crippen LogP contribution in [0.1, 0.15) is 0 Å². The van der Waals surface area contributed by atoms with Crippen LogP contribution in [0.15, 0.2) is 46.9 Å². The van der Waals surface area contributed by atoms with E-state index in [9.17, 15) is 8.42 Å². The van der Waals surface area contributed by atoms with Crippen molar-refractivity contribution in [2.45, 2.75) is 0 Å². The second-order valence-corrected chi connectivity index (χ2v) is 4.76. The monoisotopic (exact) mass is 264 g/mol. The van der Waals surface area contributed by atoms with Crippen LogP contribution in [0, 0.1) is 0 Å². The van der Waals surface area contributed by atoms with E-state index in [0.29, 0.717) is 5.58 Å². The molecule has 0 fully saturated rings. The third-order valence-electron chi connectivity index (χ3n) is 2.56. The highest BCUT2D eigenvalue weighted by atomic mass is 32.3. The lowest BCUT2D eigenvalue weighted by Crippen LogP contribution is -2.06. The van der Waals surface area contributed by atoms with Gasteiger partial charge in [0.2, 0.25) is 0 Å². The normalized spacial score (nSPS) is 12.1. The number of fused-ring (bicyclic) bond motifs is 3. The molecule has 2 aromatic carbocycles. The highest BCUT2D eigenvalue weighted by Crippen LogP contribution is 2.34. The average molecular weight is 264 g/mol. The van der Waals surface area contributed by atoms with Crippen LogP contribution < -0.4 is 4.18 Å². The van der Waals surface area contributed by atoms with Gasteiger partial charge in [0.1, 0.15) is 5.58 Å². The smallest absolute Gasteiger partial charge is 0.446 e. The van der Waals surface area contributed by atoms with E-state index in [1.807, 2.05) is 18.2 Å². The summed E-state index contributed by atoms with van der Waals surface area (Å²) in [5.74, 6) is -0.0359. The van der Waals surface area contributed by atoms with Gasteiger partial charge in [0, 0.05) is 10.8 Å². The number of furan rings is 1. The molecular weight excluding hydrogens is 256 g/mol. The molecular formula is C12H8O5S.